The Hall–Kier alpha value is -1.93. The van der Waals surface area contributed by atoms with Gasteiger partial charge in [0.25, 0.3) is 5.91 Å². The van der Waals surface area contributed by atoms with Gasteiger partial charge in [-0.2, -0.15) is 4.31 Å². The molecule has 1 atom stereocenters. The van der Waals surface area contributed by atoms with Crippen LogP contribution in [0.25, 0.3) is 0 Å². The zero-order valence-electron chi connectivity index (χ0n) is 16.2. The van der Waals surface area contributed by atoms with Gasteiger partial charge in [0, 0.05) is 19.1 Å². The quantitative estimate of drug-likeness (QED) is 0.730. The predicted octanol–water partition coefficient (Wildman–Crippen LogP) is 2.47. The van der Waals surface area contributed by atoms with Crippen LogP contribution in [-0.4, -0.2) is 49.8 Å². The Morgan fingerprint density at radius 3 is 2.25 bits per heavy atom. The minimum atomic E-state index is -3.54. The molecule has 154 valence electrons. The summed E-state index contributed by atoms with van der Waals surface area (Å²) in [5, 5.41) is 2.90. The van der Waals surface area contributed by atoms with Crippen molar-refractivity contribution in [2.45, 2.75) is 68.9 Å². The average Bonchev–Trinajstić information content (AvgIpc) is 3.21. The van der Waals surface area contributed by atoms with E-state index in [-0.39, 0.29) is 22.4 Å². The van der Waals surface area contributed by atoms with Crippen molar-refractivity contribution in [1.29, 1.82) is 0 Å². The first-order valence-electron chi connectivity index (χ1n) is 9.99. The molecule has 1 aromatic rings. The summed E-state index contributed by atoms with van der Waals surface area (Å²) < 4.78 is 32.0. The van der Waals surface area contributed by atoms with Crippen molar-refractivity contribution >= 4 is 21.9 Å². The summed E-state index contributed by atoms with van der Waals surface area (Å²) in [5.41, 5.74) is 0.220. The summed E-state index contributed by atoms with van der Waals surface area (Å²) in [7, 11) is -3.54. The van der Waals surface area contributed by atoms with Crippen molar-refractivity contribution in [3.8, 4) is 0 Å². The van der Waals surface area contributed by atoms with E-state index in [9.17, 15) is 18.0 Å². The number of carbonyl (C=O) groups is 2. The van der Waals surface area contributed by atoms with Crippen LogP contribution in [0.1, 0.15) is 62.2 Å². The van der Waals surface area contributed by atoms with Crippen LogP contribution in [0.3, 0.4) is 0 Å². The van der Waals surface area contributed by atoms with Crippen molar-refractivity contribution in [2.75, 3.05) is 13.1 Å². The zero-order chi connectivity index (χ0) is 20.1. The number of ether oxygens (including phenoxy) is 1. The Kier molecular flexibility index (Phi) is 6.72. The second-order valence-electron chi connectivity index (χ2n) is 7.53. The van der Waals surface area contributed by atoms with Crippen LogP contribution in [0.5, 0.6) is 0 Å². The van der Waals surface area contributed by atoms with Crippen molar-refractivity contribution in [2.24, 2.45) is 0 Å². The Morgan fingerprint density at radius 2 is 1.64 bits per heavy atom. The summed E-state index contributed by atoms with van der Waals surface area (Å²) in [4.78, 5) is 24.6. The third kappa shape index (κ3) is 4.91. The Balaban J connectivity index is 1.59. The molecule has 1 saturated carbocycles. The van der Waals surface area contributed by atoms with Crippen LogP contribution in [0.4, 0.5) is 0 Å². The van der Waals surface area contributed by atoms with E-state index in [1.807, 2.05) is 0 Å². The maximum atomic E-state index is 12.7. The molecule has 1 heterocycles. The number of benzene rings is 1. The van der Waals surface area contributed by atoms with E-state index >= 15 is 0 Å². The topological polar surface area (TPSA) is 92.8 Å². The molecular weight excluding hydrogens is 380 g/mol. The van der Waals surface area contributed by atoms with E-state index in [0.717, 1.165) is 44.9 Å². The van der Waals surface area contributed by atoms with Gasteiger partial charge in [-0.05, 0) is 56.9 Å². The number of rotatable bonds is 6. The third-order valence-corrected chi connectivity index (χ3v) is 7.31. The first-order valence-corrected chi connectivity index (χ1v) is 11.4. The van der Waals surface area contributed by atoms with Crippen LogP contribution < -0.4 is 5.32 Å². The molecule has 28 heavy (non-hydrogen) atoms. The number of esters is 1. The fourth-order valence-electron chi connectivity index (χ4n) is 3.69. The SMILES string of the molecule is CC(OC(=O)c1ccc(S(=O)(=O)N2CCCCC2)cc1)C(=O)NC1CCCC1. The molecule has 0 spiro atoms. The lowest BCUT2D eigenvalue weighted by molar-refractivity contribution is -0.129. The number of nitrogens with zero attached hydrogens (tertiary/aromatic N) is 1. The maximum Gasteiger partial charge on any atom is 0.338 e. The van der Waals surface area contributed by atoms with Crippen LogP contribution in [0.2, 0.25) is 0 Å². The monoisotopic (exact) mass is 408 g/mol. The highest BCUT2D eigenvalue weighted by atomic mass is 32.2. The minimum absolute atomic E-state index is 0.160. The molecule has 0 aromatic heterocycles. The number of nitrogens with one attached hydrogen (secondary N) is 1. The van der Waals surface area contributed by atoms with Crippen molar-refractivity contribution < 1.29 is 22.7 Å². The summed E-state index contributed by atoms with van der Waals surface area (Å²) in [6.45, 7) is 2.59. The number of sulfonamides is 1. The van der Waals surface area contributed by atoms with Crippen LogP contribution in [0.15, 0.2) is 29.2 Å². The van der Waals surface area contributed by atoms with Crippen LogP contribution >= 0.6 is 0 Å². The highest BCUT2D eigenvalue weighted by Crippen LogP contribution is 2.21. The van der Waals surface area contributed by atoms with Gasteiger partial charge in [-0.3, -0.25) is 4.79 Å². The number of carbonyl (C=O) groups excluding carboxylic acids is 2. The molecule has 1 N–H and O–H groups in total. The van der Waals surface area contributed by atoms with Crippen LogP contribution in [-0.2, 0) is 19.6 Å². The molecule has 0 bridgehead atoms. The molecule has 1 aromatic carbocycles. The first kappa shape index (κ1) is 20.8. The van der Waals surface area contributed by atoms with E-state index in [0.29, 0.717) is 13.1 Å². The van der Waals surface area contributed by atoms with Gasteiger partial charge in [0.1, 0.15) is 0 Å². The average molecular weight is 409 g/mol. The largest absolute Gasteiger partial charge is 0.449 e. The van der Waals surface area contributed by atoms with Gasteiger partial charge >= 0.3 is 5.97 Å². The molecule has 2 aliphatic rings. The number of hydrogen-bond donors (Lipinski definition) is 1. The van der Waals surface area contributed by atoms with Gasteiger partial charge in [0.2, 0.25) is 10.0 Å². The molecule has 1 aliphatic carbocycles. The Bertz CT molecular complexity index is 794. The Morgan fingerprint density at radius 1 is 1.04 bits per heavy atom. The molecular formula is C20H28N2O5S. The van der Waals surface area contributed by atoms with E-state index in [1.165, 1.54) is 35.5 Å². The zero-order valence-corrected chi connectivity index (χ0v) is 17.0. The molecule has 3 rings (SSSR count). The van der Waals surface area contributed by atoms with Gasteiger partial charge < -0.3 is 10.1 Å². The molecule has 7 nitrogen and oxygen atoms in total. The van der Waals surface area contributed by atoms with Gasteiger partial charge in [0.05, 0.1) is 10.5 Å². The van der Waals surface area contributed by atoms with Gasteiger partial charge in [0.15, 0.2) is 6.10 Å². The van der Waals surface area contributed by atoms with E-state index in [2.05, 4.69) is 5.32 Å². The normalized spacial score (nSPS) is 19.9. The molecule has 1 amide bonds. The highest BCUT2D eigenvalue weighted by Gasteiger charge is 2.27. The summed E-state index contributed by atoms with van der Waals surface area (Å²) in [5.74, 6) is -0.944. The molecule has 1 aliphatic heterocycles. The van der Waals surface area contributed by atoms with Crippen molar-refractivity contribution in [3.05, 3.63) is 29.8 Å². The van der Waals surface area contributed by atoms with Crippen molar-refractivity contribution in [3.63, 3.8) is 0 Å². The first-order chi connectivity index (χ1) is 13.4. The third-order valence-electron chi connectivity index (χ3n) is 5.40. The number of amides is 1. The molecule has 2 fully saturated rings. The van der Waals surface area contributed by atoms with E-state index < -0.39 is 22.1 Å². The van der Waals surface area contributed by atoms with Gasteiger partial charge in [-0.15, -0.1) is 0 Å². The van der Waals surface area contributed by atoms with E-state index in [4.69, 9.17) is 4.74 Å². The second kappa shape index (κ2) is 9.05. The van der Waals surface area contributed by atoms with Crippen molar-refractivity contribution in [1.82, 2.24) is 9.62 Å². The molecule has 0 radical (unpaired) electrons. The molecule has 1 unspecified atom stereocenters. The Labute approximate surface area is 166 Å². The predicted molar refractivity (Wildman–Crippen MR) is 104 cm³/mol. The van der Waals surface area contributed by atoms with Gasteiger partial charge in [-0.1, -0.05) is 19.3 Å². The highest BCUT2D eigenvalue weighted by molar-refractivity contribution is 7.89. The smallest absolute Gasteiger partial charge is 0.338 e. The standard InChI is InChI=1S/C20H28N2O5S/c1-15(19(23)21-17-7-3-4-8-17)27-20(24)16-9-11-18(12-10-16)28(25,26)22-13-5-2-6-14-22/h9-12,15,17H,2-8,13-14H2,1H3,(H,21,23). The summed E-state index contributed by atoms with van der Waals surface area (Å²) in [6, 6.07) is 5.86. The molecule has 1 saturated heterocycles. The van der Waals surface area contributed by atoms with E-state index in [1.54, 1.807) is 0 Å². The number of piperidine rings is 1. The lowest BCUT2D eigenvalue weighted by Gasteiger charge is -2.25. The number of hydrogen-bond acceptors (Lipinski definition) is 5. The maximum absolute atomic E-state index is 12.7. The lowest BCUT2D eigenvalue weighted by atomic mass is 10.2. The lowest BCUT2D eigenvalue weighted by Crippen LogP contribution is -2.40. The summed E-state index contributed by atoms with van der Waals surface area (Å²) >= 11 is 0. The summed E-state index contributed by atoms with van der Waals surface area (Å²) in [6.07, 6.45) is 6.00. The minimum Gasteiger partial charge on any atom is -0.449 e. The fourth-order valence-corrected chi connectivity index (χ4v) is 5.21. The second-order valence-corrected chi connectivity index (χ2v) is 9.46. The van der Waals surface area contributed by atoms with Crippen LogP contribution in [0, 0.1) is 0 Å². The fraction of sp³-hybridized carbons (Fsp3) is 0.600. The van der Waals surface area contributed by atoms with Gasteiger partial charge in [-0.25, -0.2) is 13.2 Å². The molecule has 8 heteroatoms.